The number of hydrogen-bond donors (Lipinski definition) is 3. The van der Waals surface area contributed by atoms with Crippen LogP contribution in [0.2, 0.25) is 0 Å². The molecule has 0 spiro atoms. The summed E-state index contributed by atoms with van der Waals surface area (Å²) in [6.45, 7) is 3.69. The smallest absolute Gasteiger partial charge is 0.156 e. The summed E-state index contributed by atoms with van der Waals surface area (Å²) in [6, 6.07) is 12.6. The van der Waals surface area contributed by atoms with Gasteiger partial charge in [-0.1, -0.05) is 26.0 Å². The molecule has 0 bridgehead atoms. The van der Waals surface area contributed by atoms with Crippen molar-refractivity contribution in [2.75, 3.05) is 5.73 Å². The minimum Gasteiger partial charge on any atom is -0.508 e. The molecular weight excluding hydrogens is 433 g/mol. The molecule has 0 amide bonds. The van der Waals surface area contributed by atoms with Crippen LogP contribution in [0.1, 0.15) is 37.8 Å². The maximum absolute atomic E-state index is 15.3. The molecule has 34 heavy (non-hydrogen) atoms. The lowest BCUT2D eigenvalue weighted by Gasteiger charge is -2.41. The van der Waals surface area contributed by atoms with Crippen molar-refractivity contribution in [3.63, 3.8) is 0 Å². The summed E-state index contributed by atoms with van der Waals surface area (Å²) in [6.07, 6.45) is 3.40. The van der Waals surface area contributed by atoms with E-state index >= 15 is 4.39 Å². The van der Waals surface area contributed by atoms with Crippen LogP contribution in [0, 0.1) is 11.2 Å². The lowest BCUT2D eigenvalue weighted by atomic mass is 9.58. The SMILES string of the molecule is CC1(C)CC(=O)C(c2cc(O)ccc2F)(c2c[nH]c3ncc(-c4cccc(N)c4)cc23)C(=O)C1. The molecule has 2 heterocycles. The topological polar surface area (TPSA) is 109 Å². The molecule has 5 rings (SSSR count). The van der Waals surface area contributed by atoms with Crippen molar-refractivity contribution in [2.24, 2.45) is 5.41 Å². The molecule has 6 nitrogen and oxygen atoms in total. The van der Waals surface area contributed by atoms with Crippen LogP contribution in [0.4, 0.5) is 10.1 Å². The number of nitrogens with one attached hydrogen (secondary N) is 1. The van der Waals surface area contributed by atoms with Crippen LogP contribution in [0.25, 0.3) is 22.2 Å². The number of halogens is 1. The second-order valence-electron chi connectivity index (χ2n) is 9.73. The molecule has 172 valence electrons. The van der Waals surface area contributed by atoms with Gasteiger partial charge in [0, 0.05) is 53.0 Å². The van der Waals surface area contributed by atoms with Crippen LogP contribution >= 0.6 is 0 Å². The number of Topliss-reactive ketones (excluding diaryl/α,β-unsaturated/α-hetero) is 2. The highest BCUT2D eigenvalue weighted by atomic mass is 19.1. The zero-order chi connectivity index (χ0) is 24.3. The number of carbonyl (C=O) groups is 2. The van der Waals surface area contributed by atoms with E-state index in [1.807, 2.05) is 32.0 Å². The second kappa shape index (κ2) is 7.52. The number of carbonyl (C=O) groups excluding carboxylic acids is 2. The Balaban J connectivity index is 1.82. The normalized spacial score (nSPS) is 17.3. The number of pyridine rings is 1. The van der Waals surface area contributed by atoms with Crippen molar-refractivity contribution in [1.29, 1.82) is 0 Å². The van der Waals surface area contributed by atoms with E-state index in [0.717, 1.165) is 17.2 Å². The first-order chi connectivity index (χ1) is 16.1. The molecule has 0 aliphatic heterocycles. The standard InChI is InChI=1S/C27H24FN3O3/c1-26(2)11-23(33)27(24(34)12-26,20-10-18(32)6-7-22(20)28)21-14-31-25-19(21)9-16(13-30-25)15-4-3-5-17(29)8-15/h3-10,13-14,32H,11-12,29H2,1-2H3,(H,30,31). The number of hydrogen-bond acceptors (Lipinski definition) is 5. The maximum atomic E-state index is 15.3. The molecule has 4 aromatic rings. The Labute approximate surface area is 195 Å². The molecule has 1 aliphatic rings. The highest BCUT2D eigenvalue weighted by Crippen LogP contribution is 2.49. The number of rotatable bonds is 3. The minimum atomic E-state index is -1.90. The predicted molar refractivity (Wildman–Crippen MR) is 128 cm³/mol. The van der Waals surface area contributed by atoms with Crippen molar-refractivity contribution in [1.82, 2.24) is 9.97 Å². The molecule has 7 heteroatoms. The third-order valence-electron chi connectivity index (χ3n) is 6.62. The van der Waals surface area contributed by atoms with Crippen LogP contribution < -0.4 is 5.73 Å². The number of nitrogens with two attached hydrogens (primary N) is 1. The summed E-state index contributed by atoms with van der Waals surface area (Å²) in [7, 11) is 0. The first-order valence-electron chi connectivity index (χ1n) is 11.0. The highest BCUT2D eigenvalue weighted by Gasteiger charge is 2.56. The van der Waals surface area contributed by atoms with Crippen molar-refractivity contribution < 1.29 is 19.1 Å². The van der Waals surface area contributed by atoms with Crippen LogP contribution in [-0.4, -0.2) is 26.6 Å². The van der Waals surface area contributed by atoms with E-state index < -0.39 is 28.2 Å². The molecule has 0 atom stereocenters. The fraction of sp³-hybridized carbons (Fsp3) is 0.222. The van der Waals surface area contributed by atoms with Crippen LogP contribution in [-0.2, 0) is 15.0 Å². The summed E-state index contributed by atoms with van der Waals surface area (Å²) in [5, 5.41) is 10.7. The number of phenols is 1. The fourth-order valence-electron chi connectivity index (χ4n) is 5.09. The Bertz CT molecular complexity index is 1450. The van der Waals surface area contributed by atoms with Gasteiger partial charge in [-0.3, -0.25) is 9.59 Å². The molecule has 4 N–H and O–H groups in total. The number of aromatic nitrogens is 2. The first-order valence-corrected chi connectivity index (χ1v) is 11.0. The van der Waals surface area contributed by atoms with Gasteiger partial charge >= 0.3 is 0 Å². The number of benzene rings is 2. The minimum absolute atomic E-state index is 0.0862. The third kappa shape index (κ3) is 3.27. The predicted octanol–water partition coefficient (Wildman–Crippen LogP) is 4.90. The van der Waals surface area contributed by atoms with Gasteiger partial charge in [-0.25, -0.2) is 9.37 Å². The molecule has 2 aromatic carbocycles. The first kappa shape index (κ1) is 21.8. The average molecular weight is 458 g/mol. The zero-order valence-electron chi connectivity index (χ0n) is 18.9. The van der Waals surface area contributed by atoms with Crippen LogP contribution in [0.15, 0.2) is 60.9 Å². The summed E-state index contributed by atoms with van der Waals surface area (Å²) in [5.41, 5.74) is 6.29. The van der Waals surface area contributed by atoms with Gasteiger partial charge in [-0.2, -0.15) is 0 Å². The van der Waals surface area contributed by atoms with E-state index in [-0.39, 0.29) is 24.2 Å². The van der Waals surface area contributed by atoms with Gasteiger partial charge in [0.25, 0.3) is 0 Å². The molecule has 0 radical (unpaired) electrons. The lowest BCUT2D eigenvalue weighted by Crippen LogP contribution is -2.52. The number of aromatic hydroxyl groups is 1. The lowest BCUT2D eigenvalue weighted by molar-refractivity contribution is -0.140. The Morgan fingerprint density at radius 2 is 1.74 bits per heavy atom. The molecule has 1 saturated carbocycles. The summed E-state index contributed by atoms with van der Waals surface area (Å²) in [5.74, 6) is -1.77. The maximum Gasteiger partial charge on any atom is 0.156 e. The molecule has 1 fully saturated rings. The molecule has 0 unspecified atom stereocenters. The van der Waals surface area contributed by atoms with Gasteiger partial charge in [0.2, 0.25) is 0 Å². The van der Waals surface area contributed by atoms with Crippen LogP contribution in [0.5, 0.6) is 5.75 Å². The van der Waals surface area contributed by atoms with Crippen molar-refractivity contribution in [2.45, 2.75) is 32.1 Å². The molecular formula is C27H24FN3O3. The molecule has 1 aliphatic carbocycles. The third-order valence-corrected chi connectivity index (χ3v) is 6.62. The highest BCUT2D eigenvalue weighted by molar-refractivity contribution is 6.20. The number of phenolic OH excluding ortho intramolecular Hbond substituents is 1. The number of H-pyrrole nitrogens is 1. The molecule has 0 saturated heterocycles. The van der Waals surface area contributed by atoms with Crippen molar-refractivity contribution in [3.05, 3.63) is 77.9 Å². The van der Waals surface area contributed by atoms with E-state index in [1.165, 1.54) is 12.1 Å². The monoisotopic (exact) mass is 457 g/mol. The van der Waals surface area contributed by atoms with Crippen LogP contribution in [0.3, 0.4) is 0 Å². The van der Waals surface area contributed by atoms with Crippen molar-refractivity contribution in [3.8, 4) is 16.9 Å². The number of fused-ring (bicyclic) bond motifs is 1. The number of nitrogen functional groups attached to an aromatic ring is 1. The van der Waals surface area contributed by atoms with Gasteiger partial charge in [0.05, 0.1) is 0 Å². The summed E-state index contributed by atoms with van der Waals surface area (Å²) < 4.78 is 15.3. The van der Waals surface area contributed by atoms with Gasteiger partial charge in [0.15, 0.2) is 11.6 Å². The van der Waals surface area contributed by atoms with E-state index in [2.05, 4.69) is 9.97 Å². The number of ketones is 2. The quantitative estimate of drug-likeness (QED) is 0.299. The number of anilines is 1. The van der Waals surface area contributed by atoms with Gasteiger partial charge in [-0.15, -0.1) is 0 Å². The number of aromatic amines is 1. The Morgan fingerprint density at radius 3 is 2.44 bits per heavy atom. The van der Waals surface area contributed by atoms with Gasteiger partial charge in [0.1, 0.15) is 22.6 Å². The zero-order valence-corrected chi connectivity index (χ0v) is 18.9. The van der Waals surface area contributed by atoms with E-state index in [1.54, 1.807) is 24.5 Å². The molecule has 2 aromatic heterocycles. The van der Waals surface area contributed by atoms with Crippen molar-refractivity contribution >= 4 is 28.3 Å². The van der Waals surface area contributed by atoms with Gasteiger partial charge < -0.3 is 15.8 Å². The Hall–Kier alpha value is -4.00. The van der Waals surface area contributed by atoms with E-state index in [0.29, 0.717) is 22.3 Å². The van der Waals surface area contributed by atoms with E-state index in [4.69, 9.17) is 5.73 Å². The number of nitrogens with zero attached hydrogens (tertiary/aromatic N) is 1. The van der Waals surface area contributed by atoms with Gasteiger partial charge in [-0.05, 0) is 47.4 Å². The summed E-state index contributed by atoms with van der Waals surface area (Å²) in [4.78, 5) is 35.2. The van der Waals surface area contributed by atoms with E-state index in [9.17, 15) is 14.7 Å². The Kier molecular flexibility index (Phi) is 4.82. The largest absolute Gasteiger partial charge is 0.508 e. The fourth-order valence-corrected chi connectivity index (χ4v) is 5.09. The Morgan fingerprint density at radius 1 is 1.00 bits per heavy atom. The summed E-state index contributed by atoms with van der Waals surface area (Å²) >= 11 is 0. The second-order valence-corrected chi connectivity index (χ2v) is 9.73. The average Bonchev–Trinajstić information content (AvgIpc) is 3.19.